The Labute approximate surface area is 215 Å². The third-order valence-corrected chi connectivity index (χ3v) is 8.03. The zero-order chi connectivity index (χ0) is 25.4. The Hall–Kier alpha value is -3.25. The Morgan fingerprint density at radius 2 is 1.69 bits per heavy atom. The molecule has 0 unspecified atom stereocenters. The van der Waals surface area contributed by atoms with Gasteiger partial charge in [0.2, 0.25) is 0 Å². The highest BCUT2D eigenvalue weighted by Crippen LogP contribution is 2.26. The summed E-state index contributed by atoms with van der Waals surface area (Å²) in [4.78, 5) is 15.8. The molecule has 1 amide bonds. The Kier molecular flexibility index (Phi) is 8.70. The van der Waals surface area contributed by atoms with Gasteiger partial charge in [0.1, 0.15) is 0 Å². The van der Waals surface area contributed by atoms with Crippen LogP contribution >= 0.6 is 11.8 Å². The minimum Gasteiger partial charge on any atom is -0.382 e. The Bertz CT molecular complexity index is 1270. The van der Waals surface area contributed by atoms with E-state index in [-0.39, 0.29) is 16.1 Å². The van der Waals surface area contributed by atoms with Crippen LogP contribution in [0, 0.1) is 0 Å². The smallest absolute Gasteiger partial charge is 0.264 e. The van der Waals surface area contributed by atoms with Crippen molar-refractivity contribution in [2.75, 3.05) is 54.2 Å². The van der Waals surface area contributed by atoms with Gasteiger partial charge in [-0.15, -0.1) is 11.8 Å². The first-order valence-corrected chi connectivity index (χ1v) is 14.0. The number of carbonyl (C=O) groups excluding carboxylic acids is 1. The van der Waals surface area contributed by atoms with Crippen LogP contribution in [0.4, 0.5) is 17.1 Å². The summed E-state index contributed by atoms with van der Waals surface area (Å²) in [5.41, 5.74) is 3.99. The number of benzene rings is 3. The molecule has 1 heterocycles. The molecule has 1 saturated heterocycles. The number of carbonyl (C=O) groups is 1. The predicted octanol–water partition coefficient (Wildman–Crippen LogP) is 3.22. The Morgan fingerprint density at radius 3 is 2.39 bits per heavy atom. The SMILES string of the molecule is O=C(NS(=O)(=O)c1ccc(NCCSc2ccccc2)c(NO)c1)c1ccc(N2CCNCC2)cc1. The zero-order valence-electron chi connectivity index (χ0n) is 19.6. The van der Waals surface area contributed by atoms with Crippen LogP contribution < -0.4 is 25.7 Å². The third-order valence-electron chi connectivity index (χ3n) is 5.69. The number of anilines is 3. The molecule has 0 spiro atoms. The Balaban J connectivity index is 1.36. The van der Waals surface area contributed by atoms with Crippen molar-refractivity contribution in [3.63, 3.8) is 0 Å². The second kappa shape index (κ2) is 12.1. The fraction of sp³-hybridized carbons (Fsp3) is 0.240. The number of sulfonamides is 1. The van der Waals surface area contributed by atoms with Crippen LogP contribution in [0.25, 0.3) is 0 Å². The number of piperazine rings is 1. The zero-order valence-corrected chi connectivity index (χ0v) is 21.2. The fourth-order valence-electron chi connectivity index (χ4n) is 3.80. The quantitative estimate of drug-likeness (QED) is 0.154. The van der Waals surface area contributed by atoms with Gasteiger partial charge in [-0.05, 0) is 54.6 Å². The maximum atomic E-state index is 12.8. The van der Waals surface area contributed by atoms with Crippen LogP contribution in [0.15, 0.2) is 82.6 Å². The lowest BCUT2D eigenvalue weighted by Gasteiger charge is -2.29. The highest BCUT2D eigenvalue weighted by atomic mass is 32.2. The molecule has 9 nitrogen and oxygen atoms in total. The minimum atomic E-state index is -4.15. The first kappa shape index (κ1) is 25.8. The molecule has 36 heavy (non-hydrogen) atoms. The number of thioether (sulfide) groups is 1. The summed E-state index contributed by atoms with van der Waals surface area (Å²) in [6.07, 6.45) is 0. The van der Waals surface area contributed by atoms with Crippen molar-refractivity contribution < 1.29 is 18.4 Å². The molecule has 3 aromatic carbocycles. The van der Waals surface area contributed by atoms with E-state index in [1.54, 1.807) is 30.0 Å². The van der Waals surface area contributed by atoms with Gasteiger partial charge < -0.3 is 15.5 Å². The molecule has 0 aromatic heterocycles. The first-order valence-electron chi connectivity index (χ1n) is 11.5. The first-order chi connectivity index (χ1) is 17.5. The van der Waals surface area contributed by atoms with Gasteiger partial charge >= 0.3 is 0 Å². The van der Waals surface area contributed by atoms with Crippen molar-refractivity contribution in [3.05, 3.63) is 78.4 Å². The summed E-state index contributed by atoms with van der Waals surface area (Å²) in [6.45, 7) is 4.13. The monoisotopic (exact) mass is 527 g/mol. The van der Waals surface area contributed by atoms with E-state index >= 15 is 0 Å². The fourth-order valence-corrected chi connectivity index (χ4v) is 5.58. The van der Waals surface area contributed by atoms with Gasteiger partial charge in [0.05, 0.1) is 16.3 Å². The molecule has 11 heteroatoms. The second-order valence-corrected chi connectivity index (χ2v) is 11.0. The van der Waals surface area contributed by atoms with Crippen LogP contribution in [0.5, 0.6) is 0 Å². The van der Waals surface area contributed by atoms with Crippen molar-refractivity contribution in [1.82, 2.24) is 10.0 Å². The van der Waals surface area contributed by atoms with Crippen molar-refractivity contribution in [1.29, 1.82) is 0 Å². The average molecular weight is 528 g/mol. The van der Waals surface area contributed by atoms with Crippen LogP contribution in [-0.2, 0) is 10.0 Å². The highest BCUT2D eigenvalue weighted by molar-refractivity contribution is 7.99. The van der Waals surface area contributed by atoms with E-state index in [1.165, 1.54) is 12.1 Å². The molecular weight excluding hydrogens is 498 g/mol. The van der Waals surface area contributed by atoms with E-state index < -0.39 is 15.9 Å². The number of hydrogen-bond donors (Lipinski definition) is 5. The largest absolute Gasteiger partial charge is 0.382 e. The molecule has 0 bridgehead atoms. The maximum absolute atomic E-state index is 12.8. The number of nitrogens with zero attached hydrogens (tertiary/aromatic N) is 1. The number of hydrogen-bond acceptors (Lipinski definition) is 9. The molecule has 4 rings (SSSR count). The molecule has 3 aromatic rings. The maximum Gasteiger partial charge on any atom is 0.264 e. The summed E-state index contributed by atoms with van der Waals surface area (Å²) in [7, 11) is -4.15. The molecule has 1 aliphatic rings. The molecule has 1 aliphatic heterocycles. The van der Waals surface area contributed by atoms with Gasteiger partial charge in [0.25, 0.3) is 15.9 Å². The summed E-state index contributed by atoms with van der Waals surface area (Å²) >= 11 is 1.68. The summed E-state index contributed by atoms with van der Waals surface area (Å²) in [6, 6.07) is 21.0. The van der Waals surface area contributed by atoms with Crippen LogP contribution in [0.3, 0.4) is 0 Å². The van der Waals surface area contributed by atoms with Gasteiger partial charge in [-0.25, -0.2) is 13.1 Å². The lowest BCUT2D eigenvalue weighted by Crippen LogP contribution is -2.43. The molecule has 5 N–H and O–H groups in total. The van der Waals surface area contributed by atoms with Crippen molar-refractivity contribution >= 4 is 44.8 Å². The topological polar surface area (TPSA) is 123 Å². The summed E-state index contributed by atoms with van der Waals surface area (Å²) < 4.78 is 27.8. The Morgan fingerprint density at radius 1 is 0.972 bits per heavy atom. The molecule has 0 aliphatic carbocycles. The van der Waals surface area contributed by atoms with Crippen molar-refractivity contribution in [2.24, 2.45) is 0 Å². The van der Waals surface area contributed by atoms with E-state index in [2.05, 4.69) is 20.3 Å². The van der Waals surface area contributed by atoms with Crippen molar-refractivity contribution in [2.45, 2.75) is 9.79 Å². The predicted molar refractivity (Wildman–Crippen MR) is 144 cm³/mol. The molecule has 190 valence electrons. The molecule has 0 atom stereocenters. The summed E-state index contributed by atoms with van der Waals surface area (Å²) in [5.74, 6) is 0.0545. The van der Waals surface area contributed by atoms with Gasteiger partial charge in [0, 0.05) is 54.6 Å². The van der Waals surface area contributed by atoms with E-state index in [4.69, 9.17) is 0 Å². The van der Waals surface area contributed by atoms with Gasteiger partial charge in [-0.2, -0.15) is 0 Å². The normalized spacial score (nSPS) is 13.8. The number of rotatable bonds is 10. The van der Waals surface area contributed by atoms with Crippen LogP contribution in [-0.4, -0.2) is 58.0 Å². The van der Waals surface area contributed by atoms with Crippen LogP contribution in [0.1, 0.15) is 10.4 Å². The molecular formula is C25H29N5O4S2. The third kappa shape index (κ3) is 6.70. The van der Waals surface area contributed by atoms with E-state index in [0.717, 1.165) is 42.5 Å². The van der Waals surface area contributed by atoms with E-state index in [0.29, 0.717) is 12.2 Å². The van der Waals surface area contributed by atoms with Gasteiger partial charge in [0.15, 0.2) is 0 Å². The van der Waals surface area contributed by atoms with Crippen molar-refractivity contribution in [3.8, 4) is 0 Å². The minimum absolute atomic E-state index is 0.144. The van der Waals surface area contributed by atoms with Crippen LogP contribution in [0.2, 0.25) is 0 Å². The molecule has 0 saturated carbocycles. The second-order valence-electron chi connectivity index (χ2n) is 8.13. The summed E-state index contributed by atoms with van der Waals surface area (Å²) in [5, 5.41) is 16.0. The van der Waals surface area contributed by atoms with E-state index in [9.17, 15) is 18.4 Å². The number of nitrogens with one attached hydrogen (secondary N) is 4. The average Bonchev–Trinajstić information content (AvgIpc) is 2.92. The van der Waals surface area contributed by atoms with E-state index in [1.807, 2.05) is 47.9 Å². The standard InChI is InChI=1S/C25H29N5O4S2/c31-25(19-6-8-20(9-7-19)30-15-12-26-13-16-30)29-36(33,34)22-10-11-23(24(18-22)28-32)27-14-17-35-21-4-2-1-3-5-21/h1-11,18,26-28,32H,12-17H2,(H,29,31). The molecule has 1 fully saturated rings. The lowest BCUT2D eigenvalue weighted by molar-refractivity contribution is 0.0981. The lowest BCUT2D eigenvalue weighted by atomic mass is 10.2. The van der Waals surface area contributed by atoms with Gasteiger partial charge in [-0.1, -0.05) is 18.2 Å². The highest BCUT2D eigenvalue weighted by Gasteiger charge is 2.21. The number of amides is 1. The molecule has 0 radical (unpaired) electrons. The van der Waals surface area contributed by atoms with Gasteiger partial charge in [-0.3, -0.25) is 15.5 Å².